The van der Waals surface area contributed by atoms with Gasteiger partial charge in [-0.1, -0.05) is 12.2 Å². The van der Waals surface area contributed by atoms with E-state index in [4.69, 9.17) is 4.74 Å². The van der Waals surface area contributed by atoms with E-state index in [0.717, 1.165) is 30.3 Å². The van der Waals surface area contributed by atoms with Gasteiger partial charge in [0.25, 0.3) is 0 Å². The van der Waals surface area contributed by atoms with Crippen LogP contribution in [0.15, 0.2) is 12.2 Å². The van der Waals surface area contributed by atoms with Crippen LogP contribution in [-0.2, 0) is 9.53 Å². The first-order valence-electron chi connectivity index (χ1n) is 7.63. The standard InChI is InChI=1S/C16H20O2/c17-15-14-11-5-6-16(14,8-18-15)7-12-9-1-3-10(4-2-9)13(11)12/h1,3,9-14H,2,4-8H2. The van der Waals surface area contributed by atoms with Gasteiger partial charge in [0.15, 0.2) is 0 Å². The molecule has 7 unspecified atom stereocenters. The molecule has 1 saturated heterocycles. The number of hydrogen-bond donors (Lipinski definition) is 0. The van der Waals surface area contributed by atoms with Gasteiger partial charge < -0.3 is 4.74 Å². The minimum absolute atomic E-state index is 0.140. The van der Waals surface area contributed by atoms with Crippen molar-refractivity contribution in [3.63, 3.8) is 0 Å². The topological polar surface area (TPSA) is 26.3 Å². The maximum atomic E-state index is 12.1. The Balaban J connectivity index is 1.63. The highest BCUT2D eigenvalue weighted by Gasteiger charge is 2.66. The van der Waals surface area contributed by atoms with Crippen molar-refractivity contribution < 1.29 is 9.53 Å². The molecule has 96 valence electrons. The van der Waals surface area contributed by atoms with Crippen molar-refractivity contribution in [1.82, 2.24) is 0 Å². The second-order valence-corrected chi connectivity index (χ2v) is 7.39. The summed E-state index contributed by atoms with van der Waals surface area (Å²) in [6, 6.07) is 0. The average molecular weight is 244 g/mol. The molecular formula is C16H20O2. The summed E-state index contributed by atoms with van der Waals surface area (Å²) >= 11 is 0. The number of allylic oxidation sites excluding steroid dienone is 2. The molecule has 0 aromatic heterocycles. The van der Waals surface area contributed by atoms with Crippen LogP contribution in [0.25, 0.3) is 0 Å². The maximum absolute atomic E-state index is 12.1. The van der Waals surface area contributed by atoms with Crippen LogP contribution in [-0.4, -0.2) is 12.6 Å². The minimum Gasteiger partial charge on any atom is -0.465 e. The van der Waals surface area contributed by atoms with Gasteiger partial charge in [-0.15, -0.1) is 0 Å². The SMILES string of the molecule is O=C1OCC23CCC(C4C5C=CC(CC5)C4C2)C13. The van der Waals surface area contributed by atoms with Crippen LogP contribution in [0, 0.1) is 40.9 Å². The number of fused-ring (bicyclic) bond motifs is 1. The van der Waals surface area contributed by atoms with E-state index in [0.29, 0.717) is 5.92 Å². The summed E-state index contributed by atoms with van der Waals surface area (Å²) in [5, 5.41) is 0. The number of cyclic esters (lactones) is 1. The molecule has 0 aromatic carbocycles. The molecule has 0 aromatic rings. The molecule has 3 saturated carbocycles. The van der Waals surface area contributed by atoms with Crippen molar-refractivity contribution in [2.45, 2.75) is 32.1 Å². The molecule has 18 heavy (non-hydrogen) atoms. The Hall–Kier alpha value is -0.790. The highest BCUT2D eigenvalue weighted by atomic mass is 16.5. The third-order valence-corrected chi connectivity index (χ3v) is 6.93. The van der Waals surface area contributed by atoms with Crippen molar-refractivity contribution in [2.24, 2.45) is 40.9 Å². The smallest absolute Gasteiger partial charge is 0.309 e. The van der Waals surface area contributed by atoms with Gasteiger partial charge in [0.2, 0.25) is 0 Å². The number of ether oxygens (including phenoxy) is 1. The number of esters is 1. The van der Waals surface area contributed by atoms with Gasteiger partial charge in [0.05, 0.1) is 12.5 Å². The van der Waals surface area contributed by atoms with Gasteiger partial charge in [0, 0.05) is 5.41 Å². The van der Waals surface area contributed by atoms with Crippen LogP contribution in [0.3, 0.4) is 0 Å². The molecule has 6 rings (SSSR count). The summed E-state index contributed by atoms with van der Waals surface area (Å²) in [4.78, 5) is 12.1. The van der Waals surface area contributed by atoms with Crippen LogP contribution < -0.4 is 0 Å². The van der Waals surface area contributed by atoms with Gasteiger partial charge in [-0.2, -0.15) is 0 Å². The van der Waals surface area contributed by atoms with Crippen molar-refractivity contribution >= 4 is 5.97 Å². The first-order chi connectivity index (χ1) is 8.78. The molecular weight excluding hydrogens is 224 g/mol. The van der Waals surface area contributed by atoms with Crippen molar-refractivity contribution in [1.29, 1.82) is 0 Å². The van der Waals surface area contributed by atoms with E-state index in [1.165, 1.54) is 32.1 Å². The van der Waals surface area contributed by atoms with Gasteiger partial charge in [-0.05, 0) is 61.7 Å². The van der Waals surface area contributed by atoms with Crippen LogP contribution in [0.4, 0.5) is 0 Å². The molecule has 1 heterocycles. The molecule has 6 aliphatic rings. The maximum Gasteiger partial charge on any atom is 0.309 e. The zero-order chi connectivity index (χ0) is 11.9. The summed E-state index contributed by atoms with van der Waals surface area (Å²) in [6.45, 7) is 0.733. The van der Waals surface area contributed by atoms with E-state index in [2.05, 4.69) is 12.2 Å². The van der Waals surface area contributed by atoms with Crippen LogP contribution >= 0.6 is 0 Å². The zero-order valence-electron chi connectivity index (χ0n) is 10.7. The predicted molar refractivity (Wildman–Crippen MR) is 66.6 cm³/mol. The van der Waals surface area contributed by atoms with Crippen molar-refractivity contribution in [2.75, 3.05) is 6.61 Å². The molecule has 2 heteroatoms. The second-order valence-electron chi connectivity index (χ2n) is 7.39. The summed E-state index contributed by atoms with van der Waals surface area (Å²) in [6.07, 6.45) is 11.5. The van der Waals surface area contributed by atoms with E-state index in [9.17, 15) is 4.79 Å². The summed E-state index contributed by atoms with van der Waals surface area (Å²) in [5.74, 6) is 4.32. The second kappa shape index (κ2) is 3.02. The first kappa shape index (κ1) is 10.1. The van der Waals surface area contributed by atoms with E-state index in [1.807, 2.05) is 0 Å². The van der Waals surface area contributed by atoms with E-state index < -0.39 is 0 Å². The van der Waals surface area contributed by atoms with Gasteiger partial charge >= 0.3 is 5.97 Å². The number of carbonyl (C=O) groups excluding carboxylic acids is 1. The summed E-state index contributed by atoms with van der Waals surface area (Å²) < 4.78 is 5.46. The molecule has 0 N–H and O–H groups in total. The lowest BCUT2D eigenvalue weighted by Gasteiger charge is -2.53. The lowest BCUT2D eigenvalue weighted by molar-refractivity contribution is -0.145. The Morgan fingerprint density at radius 1 is 1.11 bits per heavy atom. The predicted octanol–water partition coefficient (Wildman–Crippen LogP) is 2.79. The number of carbonyl (C=O) groups is 1. The molecule has 4 bridgehead atoms. The Bertz CT molecular complexity index is 454. The lowest BCUT2D eigenvalue weighted by atomic mass is 9.50. The molecule has 7 atom stereocenters. The zero-order valence-corrected chi connectivity index (χ0v) is 10.7. The summed E-state index contributed by atoms with van der Waals surface area (Å²) in [5.41, 5.74) is 0.258. The molecule has 0 amide bonds. The van der Waals surface area contributed by atoms with Gasteiger partial charge in [-0.25, -0.2) is 0 Å². The normalized spacial score (nSPS) is 59.4. The molecule has 4 fully saturated rings. The molecule has 1 aliphatic heterocycles. The van der Waals surface area contributed by atoms with E-state index in [-0.39, 0.29) is 17.3 Å². The summed E-state index contributed by atoms with van der Waals surface area (Å²) in [7, 11) is 0. The Kier molecular flexibility index (Phi) is 1.69. The van der Waals surface area contributed by atoms with Crippen LogP contribution in [0.5, 0.6) is 0 Å². The molecule has 2 nitrogen and oxygen atoms in total. The minimum atomic E-state index is 0.140. The highest BCUT2D eigenvalue weighted by molar-refractivity contribution is 5.77. The van der Waals surface area contributed by atoms with Crippen LogP contribution in [0.1, 0.15) is 32.1 Å². The van der Waals surface area contributed by atoms with Crippen LogP contribution in [0.2, 0.25) is 0 Å². The number of rotatable bonds is 0. The Morgan fingerprint density at radius 2 is 1.94 bits per heavy atom. The van der Waals surface area contributed by atoms with Crippen molar-refractivity contribution in [3.05, 3.63) is 12.2 Å². The van der Waals surface area contributed by atoms with E-state index >= 15 is 0 Å². The third kappa shape index (κ3) is 0.972. The van der Waals surface area contributed by atoms with Gasteiger partial charge in [-0.3, -0.25) is 4.79 Å². The lowest BCUT2D eigenvalue weighted by Crippen LogP contribution is -2.50. The first-order valence-corrected chi connectivity index (χ1v) is 7.63. The molecule has 5 aliphatic carbocycles. The Morgan fingerprint density at radius 3 is 2.78 bits per heavy atom. The largest absolute Gasteiger partial charge is 0.465 e. The van der Waals surface area contributed by atoms with Gasteiger partial charge in [0.1, 0.15) is 0 Å². The van der Waals surface area contributed by atoms with E-state index in [1.54, 1.807) is 0 Å². The fourth-order valence-electron chi connectivity index (χ4n) is 6.36. The van der Waals surface area contributed by atoms with Crippen molar-refractivity contribution in [3.8, 4) is 0 Å². The molecule has 0 radical (unpaired) electrons. The average Bonchev–Trinajstić information content (AvgIpc) is 2.86. The third-order valence-electron chi connectivity index (χ3n) is 6.93. The molecule has 0 spiro atoms. The number of hydrogen-bond acceptors (Lipinski definition) is 2. The fraction of sp³-hybridized carbons (Fsp3) is 0.812. The fourth-order valence-corrected chi connectivity index (χ4v) is 6.36. The quantitative estimate of drug-likeness (QED) is 0.484. The monoisotopic (exact) mass is 244 g/mol. The Labute approximate surface area is 108 Å². The highest BCUT2D eigenvalue weighted by Crippen LogP contribution is 2.67.